The van der Waals surface area contributed by atoms with Crippen LogP contribution in [0.2, 0.25) is 0 Å². The van der Waals surface area contributed by atoms with Gasteiger partial charge in [0, 0.05) is 12.5 Å². The van der Waals surface area contributed by atoms with Crippen molar-refractivity contribution < 1.29 is 4.79 Å². The molecule has 0 spiro atoms. The SMILES string of the molecule is CC(C)C(C)CC(=O)NC1CCCC1CN. The zero-order chi connectivity index (χ0) is 12.1. The van der Waals surface area contributed by atoms with E-state index >= 15 is 0 Å². The molecule has 0 aromatic carbocycles. The van der Waals surface area contributed by atoms with Crippen LogP contribution in [0.25, 0.3) is 0 Å². The second kappa shape index (κ2) is 6.24. The summed E-state index contributed by atoms with van der Waals surface area (Å²) >= 11 is 0. The van der Waals surface area contributed by atoms with Crippen LogP contribution in [0.5, 0.6) is 0 Å². The number of amides is 1. The number of hydrogen-bond donors (Lipinski definition) is 2. The first-order chi connectivity index (χ1) is 7.54. The Morgan fingerprint density at radius 2 is 2.06 bits per heavy atom. The minimum absolute atomic E-state index is 0.201. The summed E-state index contributed by atoms with van der Waals surface area (Å²) in [7, 11) is 0. The Morgan fingerprint density at radius 1 is 1.38 bits per heavy atom. The molecular formula is C13H26N2O. The molecule has 3 N–H and O–H groups in total. The minimum Gasteiger partial charge on any atom is -0.353 e. The van der Waals surface area contributed by atoms with Gasteiger partial charge in [-0.2, -0.15) is 0 Å². The predicted molar refractivity (Wildman–Crippen MR) is 66.9 cm³/mol. The van der Waals surface area contributed by atoms with Crippen molar-refractivity contribution in [2.75, 3.05) is 6.54 Å². The maximum atomic E-state index is 11.8. The first kappa shape index (κ1) is 13.5. The van der Waals surface area contributed by atoms with Gasteiger partial charge >= 0.3 is 0 Å². The number of carbonyl (C=O) groups excluding carboxylic acids is 1. The number of rotatable bonds is 5. The first-order valence-electron chi connectivity index (χ1n) is 6.54. The van der Waals surface area contributed by atoms with E-state index in [1.54, 1.807) is 0 Å². The highest BCUT2D eigenvalue weighted by molar-refractivity contribution is 5.76. The fourth-order valence-corrected chi connectivity index (χ4v) is 2.30. The predicted octanol–water partition coefficient (Wildman–Crippen LogP) is 1.91. The summed E-state index contributed by atoms with van der Waals surface area (Å²) in [5.41, 5.74) is 5.70. The van der Waals surface area contributed by atoms with E-state index in [0.717, 1.165) is 6.42 Å². The summed E-state index contributed by atoms with van der Waals surface area (Å²) in [6, 6.07) is 0.330. The molecule has 3 unspecified atom stereocenters. The van der Waals surface area contributed by atoms with Crippen molar-refractivity contribution in [1.82, 2.24) is 5.32 Å². The quantitative estimate of drug-likeness (QED) is 0.752. The van der Waals surface area contributed by atoms with Crippen LogP contribution in [0.3, 0.4) is 0 Å². The maximum absolute atomic E-state index is 11.8. The minimum atomic E-state index is 0.201. The molecule has 1 aliphatic rings. The van der Waals surface area contributed by atoms with E-state index in [1.165, 1.54) is 12.8 Å². The molecular weight excluding hydrogens is 200 g/mol. The van der Waals surface area contributed by atoms with Gasteiger partial charge in [-0.1, -0.05) is 27.2 Å². The van der Waals surface area contributed by atoms with Gasteiger partial charge in [0.1, 0.15) is 0 Å². The number of nitrogens with two attached hydrogens (primary N) is 1. The number of hydrogen-bond acceptors (Lipinski definition) is 2. The molecule has 1 amide bonds. The van der Waals surface area contributed by atoms with Gasteiger partial charge in [-0.3, -0.25) is 4.79 Å². The number of carbonyl (C=O) groups is 1. The topological polar surface area (TPSA) is 55.1 Å². The summed E-state index contributed by atoms with van der Waals surface area (Å²) in [5.74, 6) is 1.72. The molecule has 0 aliphatic heterocycles. The van der Waals surface area contributed by atoms with E-state index in [1.807, 2.05) is 0 Å². The van der Waals surface area contributed by atoms with Crippen molar-refractivity contribution in [3.63, 3.8) is 0 Å². The molecule has 0 aromatic heterocycles. The lowest BCUT2D eigenvalue weighted by Gasteiger charge is -2.21. The molecule has 0 saturated heterocycles. The molecule has 0 bridgehead atoms. The van der Waals surface area contributed by atoms with Gasteiger partial charge < -0.3 is 11.1 Å². The molecule has 0 heterocycles. The molecule has 3 atom stereocenters. The fourth-order valence-electron chi connectivity index (χ4n) is 2.30. The van der Waals surface area contributed by atoms with E-state index < -0.39 is 0 Å². The molecule has 1 aliphatic carbocycles. The van der Waals surface area contributed by atoms with Gasteiger partial charge in [0.25, 0.3) is 0 Å². The lowest BCUT2D eigenvalue weighted by atomic mass is 9.94. The van der Waals surface area contributed by atoms with Gasteiger partial charge in [0.15, 0.2) is 0 Å². The summed E-state index contributed by atoms with van der Waals surface area (Å²) in [6.45, 7) is 7.16. The Morgan fingerprint density at radius 3 is 2.62 bits per heavy atom. The molecule has 1 rings (SSSR count). The molecule has 3 heteroatoms. The molecule has 16 heavy (non-hydrogen) atoms. The highest BCUT2D eigenvalue weighted by Crippen LogP contribution is 2.25. The Labute approximate surface area is 99.2 Å². The second-order valence-electron chi connectivity index (χ2n) is 5.53. The average Bonchev–Trinajstić information content (AvgIpc) is 2.64. The standard InChI is InChI=1S/C13H26N2O/c1-9(2)10(3)7-13(16)15-12-6-4-5-11(12)8-14/h9-12H,4-8,14H2,1-3H3,(H,15,16). The summed E-state index contributed by atoms with van der Waals surface area (Å²) in [6.07, 6.45) is 4.11. The smallest absolute Gasteiger partial charge is 0.220 e. The van der Waals surface area contributed by atoms with Gasteiger partial charge in [-0.15, -0.1) is 0 Å². The molecule has 94 valence electrons. The maximum Gasteiger partial charge on any atom is 0.220 e. The van der Waals surface area contributed by atoms with Crippen molar-refractivity contribution in [3.05, 3.63) is 0 Å². The van der Waals surface area contributed by atoms with E-state index in [9.17, 15) is 4.79 Å². The van der Waals surface area contributed by atoms with Gasteiger partial charge in [0.05, 0.1) is 0 Å². The summed E-state index contributed by atoms with van der Waals surface area (Å²) in [5, 5.41) is 3.15. The summed E-state index contributed by atoms with van der Waals surface area (Å²) in [4.78, 5) is 11.8. The third-order valence-electron chi connectivity index (χ3n) is 3.95. The molecule has 0 aromatic rings. The Bertz CT molecular complexity index is 228. The van der Waals surface area contributed by atoms with Crippen molar-refractivity contribution in [2.24, 2.45) is 23.5 Å². The Hall–Kier alpha value is -0.570. The van der Waals surface area contributed by atoms with Gasteiger partial charge in [-0.25, -0.2) is 0 Å². The van der Waals surface area contributed by atoms with E-state index in [2.05, 4.69) is 26.1 Å². The zero-order valence-corrected chi connectivity index (χ0v) is 10.8. The van der Waals surface area contributed by atoms with Crippen LogP contribution in [0.4, 0.5) is 0 Å². The zero-order valence-electron chi connectivity index (χ0n) is 10.8. The van der Waals surface area contributed by atoms with Crippen LogP contribution < -0.4 is 11.1 Å². The van der Waals surface area contributed by atoms with E-state index in [0.29, 0.717) is 36.8 Å². The van der Waals surface area contributed by atoms with Crippen molar-refractivity contribution >= 4 is 5.91 Å². The fraction of sp³-hybridized carbons (Fsp3) is 0.923. The van der Waals surface area contributed by atoms with Gasteiger partial charge in [-0.05, 0) is 37.1 Å². The van der Waals surface area contributed by atoms with Crippen LogP contribution in [0.1, 0.15) is 46.5 Å². The summed E-state index contributed by atoms with van der Waals surface area (Å²) < 4.78 is 0. The highest BCUT2D eigenvalue weighted by atomic mass is 16.1. The van der Waals surface area contributed by atoms with Crippen molar-refractivity contribution in [1.29, 1.82) is 0 Å². The molecule has 0 radical (unpaired) electrons. The van der Waals surface area contributed by atoms with Gasteiger partial charge in [0.2, 0.25) is 5.91 Å². The van der Waals surface area contributed by atoms with Crippen LogP contribution in [0.15, 0.2) is 0 Å². The second-order valence-corrected chi connectivity index (χ2v) is 5.53. The van der Waals surface area contributed by atoms with Crippen LogP contribution in [-0.2, 0) is 4.79 Å². The van der Waals surface area contributed by atoms with Crippen LogP contribution >= 0.6 is 0 Å². The normalized spacial score (nSPS) is 27.1. The van der Waals surface area contributed by atoms with Crippen LogP contribution in [0, 0.1) is 17.8 Å². The third kappa shape index (κ3) is 3.78. The molecule has 3 nitrogen and oxygen atoms in total. The van der Waals surface area contributed by atoms with Crippen molar-refractivity contribution in [3.8, 4) is 0 Å². The lowest BCUT2D eigenvalue weighted by molar-refractivity contribution is -0.123. The van der Waals surface area contributed by atoms with Crippen LogP contribution in [-0.4, -0.2) is 18.5 Å². The average molecular weight is 226 g/mol. The monoisotopic (exact) mass is 226 g/mol. The van der Waals surface area contributed by atoms with E-state index in [-0.39, 0.29) is 5.91 Å². The Kier molecular flexibility index (Phi) is 5.26. The highest BCUT2D eigenvalue weighted by Gasteiger charge is 2.27. The largest absolute Gasteiger partial charge is 0.353 e. The Balaban J connectivity index is 2.33. The molecule has 1 saturated carbocycles. The first-order valence-corrected chi connectivity index (χ1v) is 6.54. The van der Waals surface area contributed by atoms with E-state index in [4.69, 9.17) is 5.73 Å². The molecule has 1 fully saturated rings. The van der Waals surface area contributed by atoms with Crippen molar-refractivity contribution in [2.45, 2.75) is 52.5 Å². The number of nitrogens with one attached hydrogen (secondary N) is 1. The lowest BCUT2D eigenvalue weighted by Crippen LogP contribution is -2.40. The third-order valence-corrected chi connectivity index (χ3v) is 3.95.